The number of nitrogens with zero attached hydrogens (tertiary/aromatic N) is 1. The number of rotatable bonds is 6. The van der Waals surface area contributed by atoms with Gasteiger partial charge in [0, 0.05) is 34.1 Å². The number of carbonyl (C=O) groups excluding carboxylic acids is 2. The Bertz CT molecular complexity index is 1130. The van der Waals surface area contributed by atoms with Crippen molar-refractivity contribution in [2.75, 3.05) is 22.5 Å². The summed E-state index contributed by atoms with van der Waals surface area (Å²) >= 11 is 9.29. The fraction of sp³-hybridized carbons (Fsp3) is 0.333. The van der Waals surface area contributed by atoms with Crippen molar-refractivity contribution >= 4 is 60.6 Å². The quantitative estimate of drug-likeness (QED) is 0.630. The molecule has 2 amide bonds. The first-order valence-electron chi connectivity index (χ1n) is 9.66. The van der Waals surface area contributed by atoms with Crippen LogP contribution in [0, 0.1) is 5.92 Å². The highest BCUT2D eigenvalue weighted by Crippen LogP contribution is 2.41. The molecule has 0 spiro atoms. The number of fused-ring (bicyclic) bond motifs is 1. The molecule has 1 saturated carbocycles. The number of sulfone groups is 1. The van der Waals surface area contributed by atoms with Crippen LogP contribution in [0.2, 0.25) is 5.02 Å². The van der Waals surface area contributed by atoms with Crippen molar-refractivity contribution in [3.8, 4) is 0 Å². The van der Waals surface area contributed by atoms with Gasteiger partial charge in [-0.3, -0.25) is 9.59 Å². The van der Waals surface area contributed by atoms with Gasteiger partial charge in [0.05, 0.1) is 16.3 Å². The first kappa shape index (κ1) is 21.3. The van der Waals surface area contributed by atoms with Gasteiger partial charge in [-0.2, -0.15) is 0 Å². The van der Waals surface area contributed by atoms with Gasteiger partial charge < -0.3 is 10.2 Å². The third kappa shape index (κ3) is 4.55. The van der Waals surface area contributed by atoms with Crippen LogP contribution in [0.15, 0.2) is 45.8 Å². The Morgan fingerprint density at radius 2 is 1.97 bits per heavy atom. The molecule has 0 aromatic heterocycles. The van der Waals surface area contributed by atoms with Gasteiger partial charge >= 0.3 is 0 Å². The molecule has 1 N–H and O–H groups in total. The zero-order chi connectivity index (χ0) is 21.5. The summed E-state index contributed by atoms with van der Waals surface area (Å²) in [6.45, 7) is 0.485. The first-order chi connectivity index (χ1) is 14.2. The summed E-state index contributed by atoms with van der Waals surface area (Å²) in [4.78, 5) is 26.7. The van der Waals surface area contributed by atoms with Gasteiger partial charge in [-0.1, -0.05) is 33.6 Å². The van der Waals surface area contributed by atoms with Crippen LogP contribution in [0.4, 0.5) is 11.4 Å². The van der Waals surface area contributed by atoms with E-state index < -0.39 is 15.7 Å². The van der Waals surface area contributed by atoms with Crippen LogP contribution in [-0.4, -0.2) is 32.5 Å². The van der Waals surface area contributed by atoms with Gasteiger partial charge in [-0.15, -0.1) is 0 Å². The summed E-state index contributed by atoms with van der Waals surface area (Å²) in [5.74, 6) is -0.781. The Morgan fingerprint density at radius 1 is 1.20 bits per heavy atom. The maximum atomic E-state index is 13.1. The molecule has 0 bridgehead atoms. The summed E-state index contributed by atoms with van der Waals surface area (Å²) in [7, 11) is -3.79. The number of halogens is 2. The maximum absolute atomic E-state index is 13.1. The summed E-state index contributed by atoms with van der Waals surface area (Å²) in [5, 5.41) is 3.14. The Balaban J connectivity index is 1.54. The minimum absolute atomic E-state index is 0.00127. The van der Waals surface area contributed by atoms with Gasteiger partial charge in [-0.05, 0) is 55.2 Å². The van der Waals surface area contributed by atoms with Crippen LogP contribution < -0.4 is 10.2 Å². The number of hydrogen-bond donors (Lipinski definition) is 1. The lowest BCUT2D eigenvalue weighted by Crippen LogP contribution is -2.31. The number of nitrogens with one attached hydrogen (secondary N) is 1. The summed E-state index contributed by atoms with van der Waals surface area (Å²) < 4.78 is 26.9. The average molecular weight is 512 g/mol. The Kier molecular flexibility index (Phi) is 5.92. The molecule has 0 atom stereocenters. The van der Waals surface area contributed by atoms with E-state index in [-0.39, 0.29) is 28.9 Å². The number of hydrogen-bond acceptors (Lipinski definition) is 4. The molecular weight excluding hydrogens is 492 g/mol. The van der Waals surface area contributed by atoms with Gasteiger partial charge in [-0.25, -0.2) is 8.42 Å². The molecule has 6 nitrogen and oxygen atoms in total. The fourth-order valence-corrected chi connectivity index (χ4v) is 5.97. The van der Waals surface area contributed by atoms with E-state index in [1.54, 1.807) is 29.2 Å². The molecule has 2 aromatic carbocycles. The zero-order valence-electron chi connectivity index (χ0n) is 16.0. The summed E-state index contributed by atoms with van der Waals surface area (Å²) in [6, 6.07) is 10.1. The van der Waals surface area contributed by atoms with E-state index in [1.807, 2.05) is 6.07 Å². The Labute approximate surface area is 188 Å². The van der Waals surface area contributed by atoms with Crippen molar-refractivity contribution in [2.45, 2.75) is 30.6 Å². The van der Waals surface area contributed by atoms with E-state index in [0.717, 1.165) is 18.4 Å². The van der Waals surface area contributed by atoms with Crippen molar-refractivity contribution < 1.29 is 18.0 Å². The monoisotopic (exact) mass is 510 g/mol. The normalized spacial score (nSPS) is 15.7. The Hall–Kier alpha value is -1.90. The van der Waals surface area contributed by atoms with E-state index in [1.165, 1.54) is 6.07 Å². The molecule has 1 fully saturated rings. The van der Waals surface area contributed by atoms with Crippen molar-refractivity contribution in [3.63, 3.8) is 0 Å². The number of benzene rings is 2. The molecule has 1 aliphatic carbocycles. The van der Waals surface area contributed by atoms with E-state index in [4.69, 9.17) is 11.6 Å². The van der Waals surface area contributed by atoms with Crippen molar-refractivity contribution in [3.05, 3.63) is 51.5 Å². The summed E-state index contributed by atoms with van der Waals surface area (Å²) in [5.41, 5.74) is 1.82. The van der Waals surface area contributed by atoms with Crippen molar-refractivity contribution in [2.24, 2.45) is 5.92 Å². The van der Waals surface area contributed by atoms with Crippen LogP contribution in [0.3, 0.4) is 0 Å². The molecule has 0 unspecified atom stereocenters. The molecule has 30 heavy (non-hydrogen) atoms. The standard InChI is InChI=1S/C21H20BrClN2O4S/c22-15-10-14-6-8-25(21(27)13-4-5-13)20(14)18(11-15)30(28,29)9-7-19(26)24-17-3-1-2-16(23)12-17/h1-3,10-13H,4-9H2,(H,24,26). The topological polar surface area (TPSA) is 83.6 Å². The van der Waals surface area contributed by atoms with Crippen molar-refractivity contribution in [1.29, 1.82) is 0 Å². The highest BCUT2D eigenvalue weighted by atomic mass is 79.9. The van der Waals surface area contributed by atoms with Crippen LogP contribution in [0.25, 0.3) is 0 Å². The number of amides is 2. The minimum atomic E-state index is -3.79. The van der Waals surface area contributed by atoms with Gasteiger partial charge in [0.15, 0.2) is 9.84 Å². The predicted molar refractivity (Wildman–Crippen MR) is 120 cm³/mol. The lowest BCUT2D eigenvalue weighted by atomic mass is 10.2. The number of anilines is 2. The zero-order valence-corrected chi connectivity index (χ0v) is 19.2. The van der Waals surface area contributed by atoms with E-state index >= 15 is 0 Å². The average Bonchev–Trinajstić information content (AvgIpc) is 3.45. The molecule has 1 aliphatic heterocycles. The second-order valence-corrected chi connectivity index (χ2v) is 11.0. The molecule has 158 valence electrons. The van der Waals surface area contributed by atoms with Gasteiger partial charge in [0.25, 0.3) is 0 Å². The minimum Gasteiger partial charge on any atom is -0.326 e. The molecule has 0 radical (unpaired) electrons. The second kappa shape index (κ2) is 8.32. The second-order valence-electron chi connectivity index (χ2n) is 7.55. The van der Waals surface area contributed by atoms with E-state index in [0.29, 0.717) is 33.8 Å². The van der Waals surface area contributed by atoms with Crippen LogP contribution in [0.1, 0.15) is 24.8 Å². The molecule has 9 heteroatoms. The lowest BCUT2D eigenvalue weighted by molar-refractivity contribution is -0.119. The summed E-state index contributed by atoms with van der Waals surface area (Å²) in [6.07, 6.45) is 2.12. The molecular formula is C21H20BrClN2O4S. The molecule has 4 rings (SSSR count). The fourth-order valence-electron chi connectivity index (χ4n) is 3.60. The first-order valence-corrected chi connectivity index (χ1v) is 12.5. The highest BCUT2D eigenvalue weighted by Gasteiger charge is 2.39. The van der Waals surface area contributed by atoms with Crippen LogP contribution in [0.5, 0.6) is 0 Å². The van der Waals surface area contributed by atoms with Crippen LogP contribution >= 0.6 is 27.5 Å². The largest absolute Gasteiger partial charge is 0.326 e. The molecule has 2 aromatic rings. The van der Waals surface area contributed by atoms with E-state index in [2.05, 4.69) is 21.2 Å². The third-order valence-corrected chi connectivity index (χ3v) is 7.64. The molecule has 2 aliphatic rings. The van der Waals surface area contributed by atoms with Gasteiger partial charge in [0.2, 0.25) is 11.8 Å². The van der Waals surface area contributed by atoms with Crippen LogP contribution in [-0.2, 0) is 25.8 Å². The van der Waals surface area contributed by atoms with E-state index in [9.17, 15) is 18.0 Å². The maximum Gasteiger partial charge on any atom is 0.230 e. The molecule has 0 saturated heterocycles. The number of carbonyl (C=O) groups is 2. The Morgan fingerprint density at radius 3 is 2.67 bits per heavy atom. The smallest absolute Gasteiger partial charge is 0.230 e. The predicted octanol–water partition coefficient (Wildman–Crippen LogP) is 4.20. The third-order valence-electron chi connectivity index (χ3n) is 5.23. The van der Waals surface area contributed by atoms with Gasteiger partial charge in [0.1, 0.15) is 0 Å². The lowest BCUT2D eigenvalue weighted by Gasteiger charge is -2.20. The molecule has 1 heterocycles. The highest BCUT2D eigenvalue weighted by molar-refractivity contribution is 9.10. The SMILES string of the molecule is O=C(CCS(=O)(=O)c1cc(Br)cc2c1N(C(=O)C1CC1)CC2)Nc1cccc(Cl)c1. The van der Waals surface area contributed by atoms with Crippen molar-refractivity contribution in [1.82, 2.24) is 0 Å².